The van der Waals surface area contributed by atoms with Crippen LogP contribution < -0.4 is 5.32 Å². The smallest absolute Gasteiger partial charge is 0.0434 e. The number of nitrogens with zero attached hydrogens (tertiary/aromatic N) is 1. The van der Waals surface area contributed by atoms with E-state index < -0.39 is 0 Å². The van der Waals surface area contributed by atoms with Crippen LogP contribution in [0.1, 0.15) is 52.4 Å². The molecule has 0 aromatic rings. The molecule has 1 heterocycles. The molecule has 0 aromatic heterocycles. The highest BCUT2D eigenvalue weighted by molar-refractivity contribution is 4.90. The zero-order chi connectivity index (χ0) is 14.6. The number of piperidine rings is 1. The van der Waals surface area contributed by atoms with Crippen molar-refractivity contribution in [2.75, 3.05) is 33.3 Å². The van der Waals surface area contributed by atoms with Crippen molar-refractivity contribution in [3.63, 3.8) is 0 Å². The monoisotopic (exact) mass is 282 g/mol. The van der Waals surface area contributed by atoms with Crippen LogP contribution in [0.5, 0.6) is 0 Å². The van der Waals surface area contributed by atoms with Crippen molar-refractivity contribution in [3.8, 4) is 0 Å². The molecule has 2 aliphatic rings. The number of aliphatic hydroxyl groups excluding tert-OH is 1. The first kappa shape index (κ1) is 16.3. The largest absolute Gasteiger partial charge is 0.396 e. The van der Waals surface area contributed by atoms with Crippen LogP contribution in [0.2, 0.25) is 0 Å². The predicted octanol–water partition coefficient (Wildman–Crippen LogP) is 2.50. The van der Waals surface area contributed by atoms with Gasteiger partial charge in [-0.2, -0.15) is 0 Å². The molecule has 0 amide bonds. The summed E-state index contributed by atoms with van der Waals surface area (Å²) in [6.07, 6.45) is 7.62. The topological polar surface area (TPSA) is 35.5 Å². The van der Waals surface area contributed by atoms with Crippen LogP contribution >= 0.6 is 0 Å². The van der Waals surface area contributed by atoms with E-state index in [0.717, 1.165) is 18.3 Å². The number of hydrogen-bond donors (Lipinski definition) is 2. The minimum Gasteiger partial charge on any atom is -0.396 e. The number of aliphatic hydroxyl groups is 1. The number of nitrogens with one attached hydrogen (secondary N) is 1. The molecule has 20 heavy (non-hydrogen) atoms. The number of hydrogen-bond acceptors (Lipinski definition) is 3. The zero-order valence-corrected chi connectivity index (χ0v) is 13.7. The van der Waals surface area contributed by atoms with Crippen molar-refractivity contribution < 1.29 is 5.11 Å². The summed E-state index contributed by atoms with van der Waals surface area (Å²) in [4.78, 5) is 2.67. The van der Waals surface area contributed by atoms with Gasteiger partial charge in [0.25, 0.3) is 0 Å². The van der Waals surface area contributed by atoms with Gasteiger partial charge >= 0.3 is 0 Å². The van der Waals surface area contributed by atoms with E-state index in [0.29, 0.717) is 18.1 Å². The van der Waals surface area contributed by atoms with Gasteiger partial charge in [-0.3, -0.25) is 0 Å². The lowest BCUT2D eigenvalue weighted by Gasteiger charge is -2.44. The van der Waals surface area contributed by atoms with Crippen molar-refractivity contribution in [2.24, 2.45) is 17.3 Å². The Labute approximate surface area is 125 Å². The van der Waals surface area contributed by atoms with Gasteiger partial charge in [-0.05, 0) is 69.4 Å². The van der Waals surface area contributed by atoms with Crippen molar-refractivity contribution in [3.05, 3.63) is 0 Å². The van der Waals surface area contributed by atoms with E-state index >= 15 is 0 Å². The second-order valence-electron chi connectivity index (χ2n) is 7.84. The van der Waals surface area contributed by atoms with Gasteiger partial charge < -0.3 is 15.3 Å². The van der Waals surface area contributed by atoms with Crippen LogP contribution in [0.4, 0.5) is 0 Å². The van der Waals surface area contributed by atoms with Crippen LogP contribution in [-0.4, -0.2) is 49.3 Å². The van der Waals surface area contributed by atoms with E-state index in [-0.39, 0.29) is 0 Å². The quantitative estimate of drug-likeness (QED) is 0.813. The van der Waals surface area contributed by atoms with Crippen LogP contribution in [0.15, 0.2) is 0 Å². The van der Waals surface area contributed by atoms with Gasteiger partial charge in [0.1, 0.15) is 0 Å². The molecule has 1 aliphatic heterocycles. The molecule has 1 aliphatic carbocycles. The molecule has 3 unspecified atom stereocenters. The molecule has 3 atom stereocenters. The normalized spacial score (nSPS) is 35.1. The summed E-state index contributed by atoms with van der Waals surface area (Å²) in [5, 5.41) is 12.7. The SMILES string of the molecule is CNC1CCC(C)(C)CC1CN1CCCC(CCO)C1. The highest BCUT2D eigenvalue weighted by atomic mass is 16.3. The second-order valence-corrected chi connectivity index (χ2v) is 7.84. The third-order valence-electron chi connectivity index (χ3n) is 5.52. The molecule has 2 fully saturated rings. The molecule has 3 heteroatoms. The second kappa shape index (κ2) is 7.24. The van der Waals surface area contributed by atoms with Gasteiger partial charge in [0.15, 0.2) is 0 Å². The summed E-state index contributed by atoms with van der Waals surface area (Å²) in [5.74, 6) is 1.51. The summed E-state index contributed by atoms with van der Waals surface area (Å²) < 4.78 is 0. The van der Waals surface area contributed by atoms with Gasteiger partial charge in [0, 0.05) is 25.7 Å². The lowest BCUT2D eigenvalue weighted by atomic mass is 9.69. The van der Waals surface area contributed by atoms with E-state index in [2.05, 4.69) is 31.1 Å². The van der Waals surface area contributed by atoms with Crippen LogP contribution in [0.25, 0.3) is 0 Å². The van der Waals surface area contributed by atoms with Crippen molar-refractivity contribution in [1.29, 1.82) is 0 Å². The maximum absolute atomic E-state index is 9.15. The summed E-state index contributed by atoms with van der Waals surface area (Å²) >= 11 is 0. The summed E-state index contributed by atoms with van der Waals surface area (Å²) in [5.41, 5.74) is 0.512. The van der Waals surface area contributed by atoms with E-state index in [1.54, 1.807) is 0 Å². The molecular weight excluding hydrogens is 248 g/mol. The van der Waals surface area contributed by atoms with Gasteiger partial charge in [0.2, 0.25) is 0 Å². The Kier molecular flexibility index (Phi) is 5.88. The van der Waals surface area contributed by atoms with Crippen LogP contribution in [0.3, 0.4) is 0 Å². The Morgan fingerprint density at radius 2 is 2.10 bits per heavy atom. The summed E-state index contributed by atoms with van der Waals surface area (Å²) in [6.45, 7) is 8.92. The van der Waals surface area contributed by atoms with Crippen molar-refractivity contribution in [1.82, 2.24) is 10.2 Å². The number of likely N-dealkylation sites (tertiary alicyclic amines) is 1. The molecule has 2 N–H and O–H groups in total. The molecule has 0 bridgehead atoms. The molecule has 3 nitrogen and oxygen atoms in total. The summed E-state index contributed by atoms with van der Waals surface area (Å²) in [6, 6.07) is 0.696. The third kappa shape index (κ3) is 4.44. The standard InChI is InChI=1S/C17H34N2O/c1-17(2)8-6-16(18-3)15(11-17)13-19-9-4-5-14(12-19)7-10-20/h14-16,18,20H,4-13H2,1-3H3. The molecular formula is C17H34N2O. The highest BCUT2D eigenvalue weighted by Crippen LogP contribution is 2.39. The average molecular weight is 282 g/mol. The van der Waals surface area contributed by atoms with E-state index in [1.807, 2.05) is 0 Å². The lowest BCUT2D eigenvalue weighted by molar-refractivity contribution is 0.0766. The Hall–Kier alpha value is -0.120. The fourth-order valence-electron chi connectivity index (χ4n) is 4.37. The molecule has 118 valence electrons. The lowest BCUT2D eigenvalue weighted by Crippen LogP contribution is -2.48. The zero-order valence-electron chi connectivity index (χ0n) is 13.7. The molecule has 2 rings (SSSR count). The molecule has 1 saturated carbocycles. The molecule has 0 radical (unpaired) electrons. The van der Waals surface area contributed by atoms with Gasteiger partial charge in [-0.1, -0.05) is 13.8 Å². The van der Waals surface area contributed by atoms with E-state index in [1.165, 1.54) is 51.7 Å². The average Bonchev–Trinajstić information content (AvgIpc) is 2.39. The maximum atomic E-state index is 9.15. The molecule has 0 aromatic carbocycles. The Bertz CT molecular complexity index is 291. The molecule has 0 spiro atoms. The first-order chi connectivity index (χ1) is 9.54. The van der Waals surface area contributed by atoms with Crippen LogP contribution in [-0.2, 0) is 0 Å². The summed E-state index contributed by atoms with van der Waals surface area (Å²) in [7, 11) is 2.13. The van der Waals surface area contributed by atoms with Crippen molar-refractivity contribution in [2.45, 2.75) is 58.4 Å². The third-order valence-corrected chi connectivity index (χ3v) is 5.52. The van der Waals surface area contributed by atoms with Crippen molar-refractivity contribution >= 4 is 0 Å². The van der Waals surface area contributed by atoms with E-state index in [4.69, 9.17) is 5.11 Å². The fourth-order valence-corrected chi connectivity index (χ4v) is 4.37. The Morgan fingerprint density at radius 1 is 1.30 bits per heavy atom. The Morgan fingerprint density at radius 3 is 2.80 bits per heavy atom. The minimum absolute atomic E-state index is 0.355. The Balaban J connectivity index is 1.89. The fraction of sp³-hybridized carbons (Fsp3) is 1.00. The van der Waals surface area contributed by atoms with Crippen LogP contribution in [0, 0.1) is 17.3 Å². The maximum Gasteiger partial charge on any atom is 0.0434 e. The van der Waals surface area contributed by atoms with Gasteiger partial charge in [-0.25, -0.2) is 0 Å². The highest BCUT2D eigenvalue weighted by Gasteiger charge is 2.35. The molecule has 1 saturated heterocycles. The van der Waals surface area contributed by atoms with E-state index in [9.17, 15) is 0 Å². The van der Waals surface area contributed by atoms with Gasteiger partial charge in [-0.15, -0.1) is 0 Å². The minimum atomic E-state index is 0.355. The first-order valence-corrected chi connectivity index (χ1v) is 8.54. The first-order valence-electron chi connectivity index (χ1n) is 8.54. The predicted molar refractivity (Wildman–Crippen MR) is 84.8 cm³/mol. The van der Waals surface area contributed by atoms with Gasteiger partial charge in [0.05, 0.1) is 0 Å². The number of rotatable bonds is 5.